The molecule has 296 valence electrons. The van der Waals surface area contributed by atoms with Crippen LogP contribution in [-0.2, 0) is 56.8 Å². The molecule has 0 N–H and O–H groups in total. The van der Waals surface area contributed by atoms with Crippen LogP contribution in [0.1, 0.15) is 204 Å². The molecule has 0 unspecified atom stereocenters. The van der Waals surface area contributed by atoms with Gasteiger partial charge in [-0.15, -0.1) is 0 Å². The molecule has 7 nitrogen and oxygen atoms in total. The van der Waals surface area contributed by atoms with E-state index in [4.69, 9.17) is 3.32 Å². The van der Waals surface area contributed by atoms with Gasteiger partial charge in [0.1, 0.15) is 20.2 Å². The van der Waals surface area contributed by atoms with Gasteiger partial charge in [-0.05, 0) is 71.9 Å². The number of rotatable bonds is 26. The Kier molecular flexibility index (Phi) is 29.3. The van der Waals surface area contributed by atoms with Crippen molar-refractivity contribution in [1.82, 2.24) is 0 Å². The fraction of sp³-hybridized carbons (Fsp3) is 0.714. The molecule has 52 heavy (non-hydrogen) atoms. The zero-order valence-electron chi connectivity index (χ0n) is 33.3. The molecule has 10 heteroatoms. The summed E-state index contributed by atoms with van der Waals surface area (Å²) >= 11 is 0.750. The molecule has 0 fully saturated rings. The van der Waals surface area contributed by atoms with E-state index in [1.54, 1.807) is 12.1 Å². The van der Waals surface area contributed by atoms with Gasteiger partial charge in [-0.25, -0.2) is 16.8 Å². The van der Waals surface area contributed by atoms with E-state index >= 15 is 0 Å². The van der Waals surface area contributed by atoms with Crippen molar-refractivity contribution in [3.63, 3.8) is 0 Å². The molecule has 0 aromatic heterocycles. The summed E-state index contributed by atoms with van der Waals surface area (Å²) in [5.41, 5.74) is 3.57. The SMILES string of the molecule is CCCCCCCCCCCCc1ccc(S(=O)(=O)[O-])c(C(C)C)c1.CCCCCCCCCCCCc1ccc(S(=O)(=O)[O-])c(C(C)C)c1.[O]=[Ti+2]. The summed E-state index contributed by atoms with van der Waals surface area (Å²) in [5.74, 6) is 0.0674. The van der Waals surface area contributed by atoms with E-state index in [1.807, 2.05) is 39.8 Å². The zero-order chi connectivity index (χ0) is 39.4. The second-order valence-corrected chi connectivity index (χ2v) is 17.5. The van der Waals surface area contributed by atoms with Crippen LogP contribution in [0.3, 0.4) is 0 Å². The van der Waals surface area contributed by atoms with Crippen LogP contribution in [0.25, 0.3) is 0 Å². The van der Waals surface area contributed by atoms with Crippen LogP contribution in [-0.4, -0.2) is 25.9 Å². The predicted molar refractivity (Wildman–Crippen MR) is 209 cm³/mol. The third-order valence-corrected chi connectivity index (χ3v) is 11.4. The Balaban J connectivity index is 0.000000955. The van der Waals surface area contributed by atoms with E-state index in [-0.39, 0.29) is 21.6 Å². The van der Waals surface area contributed by atoms with Crippen LogP contribution >= 0.6 is 0 Å². The van der Waals surface area contributed by atoms with Crippen molar-refractivity contribution in [3.8, 4) is 0 Å². The first-order valence-electron chi connectivity index (χ1n) is 20.1. The van der Waals surface area contributed by atoms with Crippen molar-refractivity contribution in [3.05, 3.63) is 58.7 Å². The number of benzene rings is 2. The molecule has 0 radical (unpaired) electrons. The molecule has 0 aliphatic heterocycles. The van der Waals surface area contributed by atoms with Crippen molar-refractivity contribution in [2.45, 2.75) is 204 Å². The zero-order valence-corrected chi connectivity index (χ0v) is 36.5. The van der Waals surface area contributed by atoms with Crippen molar-refractivity contribution < 1.29 is 49.7 Å². The molecule has 2 aromatic rings. The van der Waals surface area contributed by atoms with Gasteiger partial charge in [0.2, 0.25) is 0 Å². The van der Waals surface area contributed by atoms with E-state index in [2.05, 4.69) is 13.8 Å². The quantitative estimate of drug-likeness (QED) is 0.0526. The predicted octanol–water partition coefficient (Wildman–Crippen LogP) is 12.2. The second-order valence-electron chi connectivity index (χ2n) is 14.8. The van der Waals surface area contributed by atoms with E-state index in [1.165, 1.54) is 128 Å². The van der Waals surface area contributed by atoms with Crippen LogP contribution < -0.4 is 0 Å². The molecule has 2 rings (SSSR count). The molecule has 0 aliphatic carbocycles. The average Bonchev–Trinajstić information content (AvgIpc) is 3.10. The maximum absolute atomic E-state index is 11.4. The molecule has 0 atom stereocenters. The van der Waals surface area contributed by atoms with Crippen molar-refractivity contribution in [2.24, 2.45) is 0 Å². The normalized spacial score (nSPS) is 11.7. The number of aryl methyl sites for hydroxylation is 2. The molecule has 2 aromatic carbocycles. The van der Waals surface area contributed by atoms with Crippen molar-refractivity contribution in [2.75, 3.05) is 0 Å². The molecular weight excluding hydrogens is 728 g/mol. The Morgan fingerprint density at radius 3 is 0.942 bits per heavy atom. The van der Waals surface area contributed by atoms with Gasteiger partial charge in [0.05, 0.1) is 9.79 Å². The topological polar surface area (TPSA) is 131 Å². The fourth-order valence-electron chi connectivity index (χ4n) is 6.50. The third kappa shape index (κ3) is 23.5. The molecule has 0 spiro atoms. The van der Waals surface area contributed by atoms with Crippen LogP contribution in [0.2, 0.25) is 0 Å². The fourth-order valence-corrected chi connectivity index (χ4v) is 8.13. The summed E-state index contributed by atoms with van der Waals surface area (Å²) in [5, 5.41) is 0. The molecule has 0 aliphatic rings. The van der Waals surface area contributed by atoms with Gasteiger partial charge in [0, 0.05) is 0 Å². The molecule has 0 saturated heterocycles. The first kappa shape index (κ1) is 50.8. The minimum absolute atomic E-state index is 0.0337. The van der Waals surface area contributed by atoms with Gasteiger partial charge in [0.15, 0.2) is 0 Å². The first-order valence-corrected chi connectivity index (χ1v) is 23.6. The monoisotopic (exact) mass is 798 g/mol. The summed E-state index contributed by atoms with van der Waals surface area (Å²) in [6.45, 7) is 12.2. The van der Waals surface area contributed by atoms with Crippen LogP contribution in [0, 0.1) is 0 Å². The van der Waals surface area contributed by atoms with Gasteiger partial charge in [-0.1, -0.05) is 181 Å². The summed E-state index contributed by atoms with van der Waals surface area (Å²) in [7, 11) is -8.78. The Morgan fingerprint density at radius 1 is 0.462 bits per heavy atom. The Bertz CT molecular complexity index is 1320. The molecule has 0 heterocycles. The average molecular weight is 799 g/mol. The van der Waals surface area contributed by atoms with Gasteiger partial charge >= 0.3 is 23.7 Å². The summed E-state index contributed by atoms with van der Waals surface area (Å²) < 4.78 is 76.4. The molecule has 0 amide bonds. The van der Waals surface area contributed by atoms with E-state index in [9.17, 15) is 25.9 Å². The number of hydrogen-bond donors (Lipinski definition) is 0. The Labute approximate surface area is 331 Å². The van der Waals surface area contributed by atoms with E-state index in [0.717, 1.165) is 57.2 Å². The third-order valence-electron chi connectivity index (χ3n) is 9.57. The molecule has 0 bridgehead atoms. The van der Waals surface area contributed by atoms with E-state index < -0.39 is 20.2 Å². The van der Waals surface area contributed by atoms with E-state index in [0.29, 0.717) is 11.1 Å². The maximum atomic E-state index is 11.4. The van der Waals surface area contributed by atoms with Crippen molar-refractivity contribution >= 4 is 20.2 Å². The van der Waals surface area contributed by atoms with Crippen molar-refractivity contribution in [1.29, 1.82) is 0 Å². The molecule has 0 saturated carbocycles. The van der Waals surface area contributed by atoms with Gasteiger partial charge in [0.25, 0.3) is 0 Å². The number of hydrogen-bond acceptors (Lipinski definition) is 7. The summed E-state index contributed by atoms with van der Waals surface area (Å²) in [4.78, 5) is -0.122. The second kappa shape index (κ2) is 30.0. The number of unbranched alkanes of at least 4 members (excludes halogenated alkanes) is 18. The first-order chi connectivity index (χ1) is 24.7. The summed E-state index contributed by atoms with van der Waals surface area (Å²) in [6, 6.07) is 10.4. The van der Waals surface area contributed by atoms with Gasteiger partial charge in [-0.2, -0.15) is 0 Å². The minimum atomic E-state index is -4.39. The standard InChI is InChI=1S/2C21H36O3S.O.Ti/c2*1-4-5-6-7-8-9-10-11-12-13-14-19-15-16-21(25(22,23)24)20(17-19)18(2)3;;/h2*15-18H,4-14H2,1-3H3,(H,22,23,24);;/q;;;+2/p-2. The van der Waals surface area contributed by atoms with Crippen LogP contribution in [0.4, 0.5) is 0 Å². The summed E-state index contributed by atoms with van der Waals surface area (Å²) in [6.07, 6.45) is 28.0. The van der Waals surface area contributed by atoms with Gasteiger partial charge in [-0.3, -0.25) is 0 Å². The van der Waals surface area contributed by atoms with Crippen LogP contribution in [0.15, 0.2) is 46.2 Å². The Hall–Kier alpha value is -1.23. The van der Waals surface area contributed by atoms with Gasteiger partial charge < -0.3 is 9.11 Å². The molecular formula is C42H70O7S2Ti. The Morgan fingerprint density at radius 2 is 0.712 bits per heavy atom. The van der Waals surface area contributed by atoms with Crippen LogP contribution in [0.5, 0.6) is 0 Å².